The number of nitrogens with zero attached hydrogens (tertiary/aromatic N) is 1. The average molecular weight is 451 g/mol. The third-order valence-corrected chi connectivity index (χ3v) is 6.88. The number of carboxylic acids is 1. The number of hydrogen-bond donors (Lipinski definition) is 2. The Hall–Kier alpha value is -3.99. The van der Waals surface area contributed by atoms with Gasteiger partial charge in [-0.05, 0) is 83.5 Å². The lowest BCUT2D eigenvalue weighted by atomic mass is 9.67. The Morgan fingerprint density at radius 3 is 2.47 bits per heavy atom. The first kappa shape index (κ1) is 21.8. The molecule has 0 aliphatic heterocycles. The molecule has 5 rings (SSSR count). The highest BCUT2D eigenvalue weighted by atomic mass is 16.4. The van der Waals surface area contributed by atoms with Crippen LogP contribution in [0.15, 0.2) is 79.0 Å². The second-order valence-corrected chi connectivity index (χ2v) is 9.58. The lowest BCUT2D eigenvalue weighted by Gasteiger charge is -2.37. The van der Waals surface area contributed by atoms with Crippen molar-refractivity contribution in [2.24, 2.45) is 0 Å². The molecule has 1 amide bonds. The summed E-state index contributed by atoms with van der Waals surface area (Å²) in [5.74, 6) is -1.04. The van der Waals surface area contributed by atoms with E-state index in [1.54, 1.807) is 12.1 Å². The summed E-state index contributed by atoms with van der Waals surface area (Å²) in [5.41, 5.74) is 5.92. The first-order chi connectivity index (χ1) is 16.3. The first-order valence-electron chi connectivity index (χ1n) is 11.5. The molecule has 5 heteroatoms. The Morgan fingerprint density at radius 1 is 0.971 bits per heavy atom. The van der Waals surface area contributed by atoms with Gasteiger partial charge in [0.25, 0.3) is 5.91 Å². The number of amides is 1. The van der Waals surface area contributed by atoms with E-state index in [0.717, 1.165) is 29.3 Å². The van der Waals surface area contributed by atoms with Crippen molar-refractivity contribution in [2.75, 3.05) is 5.32 Å². The number of fused-ring (bicyclic) bond motifs is 2. The number of benzene rings is 3. The van der Waals surface area contributed by atoms with Crippen LogP contribution in [0.1, 0.15) is 70.0 Å². The normalized spacial score (nSPS) is 16.6. The number of carboxylic acid groups (broad SMARTS) is 1. The van der Waals surface area contributed by atoms with Crippen LogP contribution in [0.4, 0.5) is 5.69 Å². The van der Waals surface area contributed by atoms with E-state index >= 15 is 0 Å². The van der Waals surface area contributed by atoms with Gasteiger partial charge in [-0.2, -0.15) is 0 Å². The Morgan fingerprint density at radius 2 is 1.71 bits per heavy atom. The molecule has 0 unspecified atom stereocenters. The fraction of sp³-hybridized carbons (Fsp3) is 0.207. The summed E-state index contributed by atoms with van der Waals surface area (Å²) >= 11 is 0. The van der Waals surface area contributed by atoms with E-state index in [-0.39, 0.29) is 22.8 Å². The van der Waals surface area contributed by atoms with Crippen LogP contribution in [-0.4, -0.2) is 22.0 Å². The molecule has 0 bridgehead atoms. The summed E-state index contributed by atoms with van der Waals surface area (Å²) in [6.07, 6.45) is 4.01. The average Bonchev–Trinajstić information content (AvgIpc) is 2.84. The Bertz CT molecular complexity index is 1410. The highest BCUT2D eigenvalue weighted by Crippen LogP contribution is 2.45. The molecule has 4 aromatic rings. The number of anilines is 1. The molecule has 2 N–H and O–H groups in total. The molecule has 1 aromatic heterocycles. The zero-order valence-corrected chi connectivity index (χ0v) is 19.2. The highest BCUT2D eigenvalue weighted by Gasteiger charge is 2.34. The molecule has 5 nitrogen and oxygen atoms in total. The maximum absolute atomic E-state index is 13.1. The molecule has 1 aliphatic rings. The molecule has 0 spiro atoms. The van der Waals surface area contributed by atoms with Crippen LogP contribution < -0.4 is 5.32 Å². The summed E-state index contributed by atoms with van der Waals surface area (Å²) < 4.78 is 0. The number of para-hydroxylation sites is 1. The van der Waals surface area contributed by atoms with Gasteiger partial charge < -0.3 is 10.4 Å². The van der Waals surface area contributed by atoms with Crippen LogP contribution in [0, 0.1) is 0 Å². The third-order valence-electron chi connectivity index (χ3n) is 6.88. The Balaban J connectivity index is 1.49. The van der Waals surface area contributed by atoms with Gasteiger partial charge in [-0.15, -0.1) is 0 Å². The monoisotopic (exact) mass is 450 g/mol. The van der Waals surface area contributed by atoms with E-state index in [0.29, 0.717) is 11.3 Å². The van der Waals surface area contributed by atoms with Gasteiger partial charge in [0.2, 0.25) is 0 Å². The maximum Gasteiger partial charge on any atom is 0.335 e. The SMILES string of the molecule is CC1(C)CC[C@H](c2cnc3ccccc3c2)c2cc(C(=O)Nc3ccc(C(=O)O)cc3)ccc21. The van der Waals surface area contributed by atoms with E-state index in [4.69, 9.17) is 5.11 Å². The minimum atomic E-state index is -0.996. The molecule has 1 atom stereocenters. The number of aromatic carboxylic acids is 1. The lowest BCUT2D eigenvalue weighted by Crippen LogP contribution is -2.27. The van der Waals surface area contributed by atoms with Crippen LogP contribution >= 0.6 is 0 Å². The second kappa shape index (κ2) is 8.41. The minimum absolute atomic E-state index is 0.0256. The predicted octanol–water partition coefficient (Wildman–Crippen LogP) is 6.39. The van der Waals surface area contributed by atoms with E-state index in [1.807, 2.05) is 36.5 Å². The molecule has 170 valence electrons. The van der Waals surface area contributed by atoms with Crippen LogP contribution in [0.3, 0.4) is 0 Å². The maximum atomic E-state index is 13.1. The van der Waals surface area contributed by atoms with Crippen LogP contribution in [0.2, 0.25) is 0 Å². The van der Waals surface area contributed by atoms with Crippen molar-refractivity contribution in [1.82, 2.24) is 4.98 Å². The minimum Gasteiger partial charge on any atom is -0.478 e. The molecular weight excluding hydrogens is 424 g/mol. The summed E-state index contributed by atoms with van der Waals surface area (Å²) in [6.45, 7) is 4.51. The lowest BCUT2D eigenvalue weighted by molar-refractivity contribution is 0.0696. The molecule has 1 aliphatic carbocycles. The van der Waals surface area contributed by atoms with Gasteiger partial charge in [-0.1, -0.05) is 38.1 Å². The van der Waals surface area contributed by atoms with Crippen LogP contribution in [0.5, 0.6) is 0 Å². The molecule has 34 heavy (non-hydrogen) atoms. The molecule has 3 aromatic carbocycles. The topological polar surface area (TPSA) is 79.3 Å². The molecule has 0 fully saturated rings. The van der Waals surface area contributed by atoms with Crippen LogP contribution in [0.25, 0.3) is 10.9 Å². The van der Waals surface area contributed by atoms with E-state index in [2.05, 4.69) is 42.3 Å². The number of rotatable bonds is 4. The largest absolute Gasteiger partial charge is 0.478 e. The molecule has 0 saturated heterocycles. The first-order valence-corrected chi connectivity index (χ1v) is 11.5. The number of aromatic nitrogens is 1. The number of nitrogens with one attached hydrogen (secondary N) is 1. The smallest absolute Gasteiger partial charge is 0.335 e. The van der Waals surface area contributed by atoms with Gasteiger partial charge in [0.15, 0.2) is 0 Å². The van der Waals surface area contributed by atoms with Crippen LogP contribution in [-0.2, 0) is 5.41 Å². The van der Waals surface area contributed by atoms with E-state index in [9.17, 15) is 9.59 Å². The van der Waals surface area contributed by atoms with E-state index in [1.165, 1.54) is 23.3 Å². The van der Waals surface area contributed by atoms with Crippen molar-refractivity contribution in [1.29, 1.82) is 0 Å². The predicted molar refractivity (Wildman–Crippen MR) is 134 cm³/mol. The van der Waals surface area contributed by atoms with Gasteiger partial charge in [-0.25, -0.2) is 4.79 Å². The van der Waals surface area contributed by atoms with Gasteiger partial charge in [0, 0.05) is 28.8 Å². The summed E-state index contributed by atoms with van der Waals surface area (Å²) in [6, 6.07) is 22.5. The molecular formula is C29H26N2O3. The van der Waals surface area contributed by atoms with Crippen molar-refractivity contribution in [3.05, 3.63) is 107 Å². The summed E-state index contributed by atoms with van der Waals surface area (Å²) in [4.78, 5) is 28.8. The zero-order valence-electron chi connectivity index (χ0n) is 19.2. The molecule has 1 heterocycles. The van der Waals surface area contributed by atoms with Gasteiger partial charge in [0.1, 0.15) is 0 Å². The summed E-state index contributed by atoms with van der Waals surface area (Å²) in [7, 11) is 0. The van der Waals surface area contributed by atoms with E-state index < -0.39 is 5.97 Å². The van der Waals surface area contributed by atoms with Crippen molar-refractivity contribution in [2.45, 2.75) is 38.0 Å². The summed E-state index contributed by atoms with van der Waals surface area (Å²) in [5, 5.41) is 13.1. The Kier molecular flexibility index (Phi) is 5.40. The Labute approximate surface area is 198 Å². The number of carbonyl (C=O) groups is 2. The number of carbonyl (C=O) groups excluding carboxylic acids is 1. The second-order valence-electron chi connectivity index (χ2n) is 9.58. The van der Waals surface area contributed by atoms with Gasteiger partial charge in [-0.3, -0.25) is 9.78 Å². The van der Waals surface area contributed by atoms with Crippen molar-refractivity contribution >= 4 is 28.5 Å². The fourth-order valence-corrected chi connectivity index (χ4v) is 4.93. The number of pyridine rings is 1. The van der Waals surface area contributed by atoms with Crippen molar-refractivity contribution < 1.29 is 14.7 Å². The highest BCUT2D eigenvalue weighted by molar-refractivity contribution is 6.04. The van der Waals surface area contributed by atoms with Gasteiger partial charge >= 0.3 is 5.97 Å². The molecule has 0 saturated carbocycles. The number of hydrogen-bond acceptors (Lipinski definition) is 3. The molecule has 0 radical (unpaired) electrons. The fourth-order valence-electron chi connectivity index (χ4n) is 4.93. The standard InChI is InChI=1S/C29H26N2O3/c1-29(2)14-13-23(21-15-19-5-3-4-6-26(19)30-17-21)24-16-20(9-12-25(24)29)27(32)31-22-10-7-18(8-11-22)28(33)34/h3-12,15-17,23H,13-14H2,1-2H3,(H,31,32)(H,33,34)/t23-/m1/s1. The van der Waals surface area contributed by atoms with Gasteiger partial charge in [0.05, 0.1) is 11.1 Å². The van der Waals surface area contributed by atoms with Crippen molar-refractivity contribution in [3.8, 4) is 0 Å². The zero-order chi connectivity index (χ0) is 23.9. The third kappa shape index (κ3) is 4.05. The quantitative estimate of drug-likeness (QED) is 0.378. The van der Waals surface area contributed by atoms with Crippen molar-refractivity contribution in [3.63, 3.8) is 0 Å².